The summed E-state index contributed by atoms with van der Waals surface area (Å²) in [5.41, 5.74) is 5.99. The summed E-state index contributed by atoms with van der Waals surface area (Å²) in [6, 6.07) is 4.99. The molecule has 0 fully saturated rings. The molecule has 0 unspecified atom stereocenters. The number of aliphatic hydroxyl groups excluding tert-OH is 1. The molecule has 0 aliphatic rings. The smallest absolute Gasteiger partial charge is 0.422 e. The van der Waals surface area contributed by atoms with Crippen LogP contribution in [0.15, 0.2) is 30.2 Å². The molecular formula is C18H20Cl2F3N5O3. The van der Waals surface area contributed by atoms with E-state index in [9.17, 15) is 18.3 Å². The number of anilines is 2. The van der Waals surface area contributed by atoms with Gasteiger partial charge in [0.15, 0.2) is 18.2 Å². The Kier molecular flexibility index (Phi) is 8.15. The van der Waals surface area contributed by atoms with Gasteiger partial charge in [-0.15, -0.1) is 10.2 Å². The molecule has 1 aromatic carbocycles. The molecule has 0 aliphatic carbocycles. The van der Waals surface area contributed by atoms with Crippen molar-refractivity contribution in [2.45, 2.75) is 25.6 Å². The molecule has 8 nitrogen and oxygen atoms in total. The lowest BCUT2D eigenvalue weighted by atomic mass is 10.1. The van der Waals surface area contributed by atoms with Crippen LogP contribution in [0.1, 0.15) is 13.8 Å². The number of alkyl halides is 3. The molecule has 0 amide bonds. The quantitative estimate of drug-likeness (QED) is 0.444. The zero-order valence-electron chi connectivity index (χ0n) is 16.5. The lowest BCUT2D eigenvalue weighted by Gasteiger charge is -2.25. The van der Waals surface area contributed by atoms with Gasteiger partial charge in [0.2, 0.25) is 5.95 Å². The number of nitrogens with two attached hydrogens (primary N) is 1. The summed E-state index contributed by atoms with van der Waals surface area (Å²) in [6.07, 6.45) is -3.91. The Morgan fingerprint density at radius 1 is 1.23 bits per heavy atom. The van der Waals surface area contributed by atoms with Crippen LogP contribution in [-0.2, 0) is 9.47 Å². The molecule has 2 aromatic rings. The number of halogens is 5. The molecule has 2 rings (SSSR count). The number of hydrogen-bond donors (Lipinski definition) is 3. The largest absolute Gasteiger partial charge is 0.507 e. The van der Waals surface area contributed by atoms with E-state index in [1.165, 1.54) is 0 Å². The second kappa shape index (κ2) is 10.2. The Labute approximate surface area is 186 Å². The molecule has 0 aliphatic heterocycles. The Bertz CT molecular complexity index is 942. The molecule has 170 valence electrons. The summed E-state index contributed by atoms with van der Waals surface area (Å²) >= 11 is 12.2. The second-order valence-corrected chi connectivity index (χ2v) is 7.79. The van der Waals surface area contributed by atoms with Crippen molar-refractivity contribution in [3.63, 3.8) is 0 Å². The van der Waals surface area contributed by atoms with Gasteiger partial charge < -0.3 is 25.6 Å². The molecule has 4 N–H and O–H groups in total. The molecule has 0 atom stereocenters. The van der Waals surface area contributed by atoms with Crippen molar-refractivity contribution in [3.05, 3.63) is 40.3 Å². The maximum atomic E-state index is 12.0. The van der Waals surface area contributed by atoms with Crippen LogP contribution in [-0.4, -0.2) is 51.8 Å². The molecule has 1 heterocycles. The summed E-state index contributed by atoms with van der Waals surface area (Å²) in [6.45, 7) is 1.67. The summed E-state index contributed by atoms with van der Waals surface area (Å²) < 4.78 is 45.5. The summed E-state index contributed by atoms with van der Waals surface area (Å²) in [7, 11) is 0. The van der Waals surface area contributed by atoms with E-state index in [0.717, 1.165) is 0 Å². The van der Waals surface area contributed by atoms with Crippen LogP contribution in [0.4, 0.5) is 24.9 Å². The Morgan fingerprint density at radius 2 is 1.94 bits per heavy atom. The average molecular weight is 482 g/mol. The van der Waals surface area contributed by atoms with Crippen molar-refractivity contribution in [1.29, 1.82) is 0 Å². The van der Waals surface area contributed by atoms with Crippen molar-refractivity contribution in [3.8, 4) is 11.3 Å². The van der Waals surface area contributed by atoms with Gasteiger partial charge in [-0.3, -0.25) is 0 Å². The number of benzene rings is 1. The topological polar surface area (TPSA) is 115 Å². The first-order valence-electron chi connectivity index (χ1n) is 8.75. The fourth-order valence-corrected chi connectivity index (χ4v) is 2.68. The maximum absolute atomic E-state index is 12.0. The number of aliphatic hydroxyl groups is 1. The number of rotatable bonds is 9. The minimum absolute atomic E-state index is 0.0370. The van der Waals surface area contributed by atoms with Crippen LogP contribution >= 0.6 is 23.2 Å². The summed E-state index contributed by atoms with van der Waals surface area (Å²) in [5.74, 6) is -0.313. The van der Waals surface area contributed by atoms with E-state index < -0.39 is 24.1 Å². The highest BCUT2D eigenvalue weighted by atomic mass is 35.5. The first-order chi connectivity index (χ1) is 14.4. The monoisotopic (exact) mass is 481 g/mol. The molecule has 1 aromatic heterocycles. The molecular weight excluding hydrogens is 462 g/mol. The van der Waals surface area contributed by atoms with E-state index in [1.54, 1.807) is 32.0 Å². The average Bonchev–Trinajstić information content (AvgIpc) is 2.63. The minimum atomic E-state index is -4.49. The number of aromatic nitrogens is 3. The lowest BCUT2D eigenvalue weighted by molar-refractivity contribution is -0.162. The number of nitrogen functional groups attached to an aromatic ring is 1. The molecule has 0 bridgehead atoms. The van der Waals surface area contributed by atoms with E-state index in [4.69, 9.17) is 33.7 Å². The van der Waals surface area contributed by atoms with E-state index >= 15 is 0 Å². The second-order valence-electron chi connectivity index (χ2n) is 7.01. The summed E-state index contributed by atoms with van der Waals surface area (Å²) in [5, 5.41) is 21.1. The maximum Gasteiger partial charge on any atom is 0.422 e. The molecule has 0 radical (unpaired) electrons. The fraction of sp³-hybridized carbons (Fsp3) is 0.389. The molecule has 31 heavy (non-hydrogen) atoms. The van der Waals surface area contributed by atoms with Crippen LogP contribution in [0, 0.1) is 0 Å². The zero-order valence-corrected chi connectivity index (χ0v) is 18.0. The van der Waals surface area contributed by atoms with Gasteiger partial charge in [0.1, 0.15) is 18.6 Å². The lowest BCUT2D eigenvalue weighted by Crippen LogP contribution is -2.37. The van der Waals surface area contributed by atoms with Crippen LogP contribution in [0.2, 0.25) is 10.0 Å². The first kappa shape index (κ1) is 24.8. The van der Waals surface area contributed by atoms with Crippen LogP contribution in [0.3, 0.4) is 0 Å². The van der Waals surface area contributed by atoms with Gasteiger partial charge in [-0.1, -0.05) is 35.3 Å². The first-order valence-corrected chi connectivity index (χ1v) is 9.50. The van der Waals surface area contributed by atoms with Gasteiger partial charge in [0, 0.05) is 5.56 Å². The molecule has 13 heteroatoms. The minimum Gasteiger partial charge on any atom is -0.507 e. The van der Waals surface area contributed by atoms with Gasteiger partial charge in [-0.25, -0.2) is 0 Å². The number of nitrogens with one attached hydrogen (secondary N) is 1. The van der Waals surface area contributed by atoms with Crippen LogP contribution in [0.5, 0.6) is 0 Å². The van der Waals surface area contributed by atoms with E-state index in [1.807, 2.05) is 0 Å². The van der Waals surface area contributed by atoms with Crippen molar-refractivity contribution < 1.29 is 27.8 Å². The predicted molar refractivity (Wildman–Crippen MR) is 111 cm³/mol. The van der Waals surface area contributed by atoms with Gasteiger partial charge in [-0.05, 0) is 19.9 Å². The highest BCUT2D eigenvalue weighted by Crippen LogP contribution is 2.34. The van der Waals surface area contributed by atoms with Gasteiger partial charge >= 0.3 is 6.18 Å². The van der Waals surface area contributed by atoms with Crippen molar-refractivity contribution >= 4 is 35.0 Å². The van der Waals surface area contributed by atoms with Crippen molar-refractivity contribution in [1.82, 2.24) is 15.2 Å². The Hall–Kier alpha value is -2.50. The third-order valence-corrected chi connectivity index (χ3v) is 4.37. The summed E-state index contributed by atoms with van der Waals surface area (Å²) in [4.78, 5) is 4.16. The number of ether oxygens (including phenoxy) is 2. The highest BCUT2D eigenvalue weighted by molar-refractivity contribution is 6.43. The predicted octanol–water partition coefficient (Wildman–Crippen LogP) is 4.61. The number of nitrogens with zero attached hydrogens (tertiary/aromatic N) is 3. The van der Waals surface area contributed by atoms with E-state index in [0.29, 0.717) is 16.8 Å². The fourth-order valence-electron chi connectivity index (χ4n) is 2.29. The third kappa shape index (κ3) is 7.93. The SMILES string of the molecule is CC(C)(COC/C(O)=C/OCC(F)(F)F)Nc1nnc(-c2cccc(Cl)c2Cl)c(N)n1. The molecule has 0 spiro atoms. The van der Waals surface area contributed by atoms with Crippen molar-refractivity contribution in [2.75, 3.05) is 30.9 Å². The van der Waals surface area contributed by atoms with Crippen molar-refractivity contribution in [2.24, 2.45) is 0 Å². The molecule has 0 saturated heterocycles. The standard InChI is InChI=1S/C18H20Cl2F3N5O3/c1-17(2,8-30-6-10(29)7-31-9-18(21,22)23)26-16-25-15(24)14(27-28-16)11-4-3-5-12(19)13(11)20/h3-5,7,29H,6,8-9H2,1-2H3,(H3,24,25,26,28)/b10-7-. The van der Waals surface area contributed by atoms with Gasteiger partial charge in [-0.2, -0.15) is 18.2 Å². The van der Waals surface area contributed by atoms with E-state index in [-0.39, 0.29) is 35.7 Å². The van der Waals surface area contributed by atoms with Gasteiger partial charge in [0.05, 0.1) is 22.2 Å². The third-order valence-electron chi connectivity index (χ3n) is 3.55. The van der Waals surface area contributed by atoms with Gasteiger partial charge in [0.25, 0.3) is 0 Å². The van der Waals surface area contributed by atoms with Crippen LogP contribution < -0.4 is 11.1 Å². The zero-order chi connectivity index (χ0) is 23.2. The number of hydrogen-bond acceptors (Lipinski definition) is 8. The Morgan fingerprint density at radius 3 is 2.58 bits per heavy atom. The van der Waals surface area contributed by atoms with E-state index in [2.05, 4.69) is 25.2 Å². The van der Waals surface area contributed by atoms with Crippen LogP contribution in [0.25, 0.3) is 11.3 Å². The Balaban J connectivity index is 1.95. The highest BCUT2D eigenvalue weighted by Gasteiger charge is 2.28. The normalized spacial score (nSPS) is 12.7. The molecule has 0 saturated carbocycles.